The number of halogens is 1. The monoisotopic (exact) mass is 357 g/mol. The number of carbonyl (C=O) groups is 3. The van der Waals surface area contributed by atoms with Gasteiger partial charge in [0, 0.05) is 10.2 Å². The highest BCUT2D eigenvalue weighted by Crippen LogP contribution is 2.21. The fraction of sp³-hybridized carbons (Fsp3) is 0.308. The SMILES string of the molecule is CCc1cc(Br)ccc1NC(=O)NCC(=O)NCC(=O)O. The number of carbonyl (C=O) groups excluding carboxylic acids is 2. The van der Waals surface area contributed by atoms with Crippen molar-refractivity contribution in [3.05, 3.63) is 28.2 Å². The number of anilines is 1. The molecule has 0 aliphatic heterocycles. The molecule has 1 aromatic carbocycles. The van der Waals surface area contributed by atoms with Crippen LogP contribution in [-0.2, 0) is 16.0 Å². The molecule has 0 saturated carbocycles. The van der Waals surface area contributed by atoms with Crippen molar-refractivity contribution in [1.82, 2.24) is 10.6 Å². The van der Waals surface area contributed by atoms with Crippen molar-refractivity contribution in [2.45, 2.75) is 13.3 Å². The predicted octanol–water partition coefficient (Wildman–Crippen LogP) is 1.33. The number of carboxylic acids is 1. The summed E-state index contributed by atoms with van der Waals surface area (Å²) in [6.07, 6.45) is 0.744. The Balaban J connectivity index is 2.47. The van der Waals surface area contributed by atoms with E-state index in [9.17, 15) is 14.4 Å². The summed E-state index contributed by atoms with van der Waals surface area (Å²) < 4.78 is 0.915. The topological polar surface area (TPSA) is 108 Å². The van der Waals surface area contributed by atoms with Crippen LogP contribution < -0.4 is 16.0 Å². The molecule has 4 N–H and O–H groups in total. The fourth-order valence-electron chi connectivity index (χ4n) is 1.54. The van der Waals surface area contributed by atoms with Gasteiger partial charge in [-0.1, -0.05) is 22.9 Å². The van der Waals surface area contributed by atoms with Gasteiger partial charge in [0.15, 0.2) is 0 Å². The van der Waals surface area contributed by atoms with Gasteiger partial charge in [-0.25, -0.2) is 4.79 Å². The zero-order valence-electron chi connectivity index (χ0n) is 11.4. The average molecular weight is 358 g/mol. The highest BCUT2D eigenvalue weighted by Gasteiger charge is 2.09. The third-order valence-electron chi connectivity index (χ3n) is 2.54. The lowest BCUT2D eigenvalue weighted by molar-refractivity contribution is -0.137. The van der Waals surface area contributed by atoms with Crippen LogP contribution in [0, 0.1) is 0 Å². The van der Waals surface area contributed by atoms with Crippen molar-refractivity contribution in [3.8, 4) is 0 Å². The lowest BCUT2D eigenvalue weighted by atomic mass is 10.1. The minimum atomic E-state index is -1.14. The fourth-order valence-corrected chi connectivity index (χ4v) is 1.95. The summed E-state index contributed by atoms with van der Waals surface area (Å²) in [6.45, 7) is 1.19. The summed E-state index contributed by atoms with van der Waals surface area (Å²) in [6, 6.07) is 4.92. The summed E-state index contributed by atoms with van der Waals surface area (Å²) in [4.78, 5) is 33.2. The molecule has 114 valence electrons. The van der Waals surface area contributed by atoms with Gasteiger partial charge in [0.1, 0.15) is 6.54 Å². The second kappa shape index (κ2) is 8.25. The van der Waals surface area contributed by atoms with Gasteiger partial charge in [-0.05, 0) is 30.2 Å². The Labute approximate surface area is 130 Å². The van der Waals surface area contributed by atoms with E-state index in [2.05, 4.69) is 31.9 Å². The third-order valence-corrected chi connectivity index (χ3v) is 3.04. The Morgan fingerprint density at radius 3 is 2.52 bits per heavy atom. The molecular formula is C13H16BrN3O4. The normalized spacial score (nSPS) is 9.81. The van der Waals surface area contributed by atoms with Crippen LogP contribution in [0.3, 0.4) is 0 Å². The van der Waals surface area contributed by atoms with E-state index in [1.165, 1.54) is 0 Å². The molecule has 7 nitrogen and oxygen atoms in total. The molecule has 0 unspecified atom stereocenters. The summed E-state index contributed by atoms with van der Waals surface area (Å²) >= 11 is 3.35. The lowest BCUT2D eigenvalue weighted by Gasteiger charge is -2.11. The molecule has 0 fully saturated rings. The van der Waals surface area contributed by atoms with Gasteiger partial charge in [0.25, 0.3) is 0 Å². The molecule has 3 amide bonds. The van der Waals surface area contributed by atoms with Gasteiger partial charge in [-0.3, -0.25) is 9.59 Å². The number of amides is 3. The lowest BCUT2D eigenvalue weighted by Crippen LogP contribution is -2.40. The number of carboxylic acid groups (broad SMARTS) is 1. The Bertz CT molecular complexity index is 548. The first kappa shape index (κ1) is 17.0. The van der Waals surface area contributed by atoms with Gasteiger partial charge in [0.2, 0.25) is 5.91 Å². The first-order valence-electron chi connectivity index (χ1n) is 6.24. The maximum Gasteiger partial charge on any atom is 0.322 e. The Hall–Kier alpha value is -2.09. The van der Waals surface area contributed by atoms with Crippen molar-refractivity contribution in [2.75, 3.05) is 18.4 Å². The van der Waals surface area contributed by atoms with Crippen LogP contribution in [0.15, 0.2) is 22.7 Å². The van der Waals surface area contributed by atoms with Crippen molar-refractivity contribution < 1.29 is 19.5 Å². The van der Waals surface area contributed by atoms with Crippen LogP contribution in [0.4, 0.5) is 10.5 Å². The number of hydrogen-bond acceptors (Lipinski definition) is 3. The summed E-state index contributed by atoms with van der Waals surface area (Å²) in [7, 11) is 0. The molecule has 0 heterocycles. The number of benzene rings is 1. The average Bonchev–Trinajstić information content (AvgIpc) is 2.44. The zero-order valence-corrected chi connectivity index (χ0v) is 13.0. The molecular weight excluding hydrogens is 342 g/mol. The second-order valence-electron chi connectivity index (χ2n) is 4.13. The zero-order chi connectivity index (χ0) is 15.8. The van der Waals surface area contributed by atoms with Crippen LogP contribution in [0.1, 0.15) is 12.5 Å². The van der Waals surface area contributed by atoms with Crippen molar-refractivity contribution in [1.29, 1.82) is 0 Å². The number of rotatable bonds is 6. The van der Waals surface area contributed by atoms with Crippen LogP contribution in [0.5, 0.6) is 0 Å². The van der Waals surface area contributed by atoms with E-state index >= 15 is 0 Å². The molecule has 1 rings (SSSR count). The van der Waals surface area contributed by atoms with Gasteiger partial charge in [-0.15, -0.1) is 0 Å². The van der Waals surface area contributed by atoms with Crippen molar-refractivity contribution in [3.63, 3.8) is 0 Å². The molecule has 0 atom stereocenters. The highest BCUT2D eigenvalue weighted by atomic mass is 79.9. The van der Waals surface area contributed by atoms with Crippen molar-refractivity contribution >= 4 is 39.5 Å². The van der Waals surface area contributed by atoms with Crippen LogP contribution in [0.2, 0.25) is 0 Å². The molecule has 0 spiro atoms. The predicted molar refractivity (Wildman–Crippen MR) is 81.2 cm³/mol. The molecule has 8 heteroatoms. The summed E-state index contributed by atoms with van der Waals surface area (Å²) in [5.41, 5.74) is 1.61. The molecule has 1 aromatic rings. The van der Waals surface area contributed by atoms with Crippen LogP contribution in [-0.4, -0.2) is 36.1 Å². The Morgan fingerprint density at radius 1 is 1.19 bits per heavy atom. The first-order valence-corrected chi connectivity index (χ1v) is 7.03. The first-order chi connectivity index (χ1) is 9.92. The molecule has 0 saturated heterocycles. The third kappa shape index (κ3) is 6.26. The standard InChI is InChI=1S/C13H16BrN3O4/c1-2-8-5-9(14)3-4-10(8)17-13(21)16-6-11(18)15-7-12(19)20/h3-5H,2,6-7H2,1H3,(H,15,18)(H,19,20)(H2,16,17,21). The summed E-state index contributed by atoms with van der Waals surface area (Å²) in [5.74, 6) is -1.71. The molecule has 0 aromatic heterocycles. The van der Waals surface area contributed by atoms with Crippen molar-refractivity contribution in [2.24, 2.45) is 0 Å². The number of aliphatic carboxylic acids is 1. The molecule has 0 radical (unpaired) electrons. The van der Waals surface area contributed by atoms with Gasteiger partial charge in [0.05, 0.1) is 6.54 Å². The van der Waals surface area contributed by atoms with E-state index < -0.39 is 24.5 Å². The minimum Gasteiger partial charge on any atom is -0.480 e. The van der Waals surface area contributed by atoms with E-state index in [-0.39, 0.29) is 6.54 Å². The van der Waals surface area contributed by atoms with E-state index in [0.717, 1.165) is 16.5 Å². The quantitative estimate of drug-likeness (QED) is 0.615. The largest absolute Gasteiger partial charge is 0.480 e. The maximum absolute atomic E-state index is 11.7. The van der Waals surface area contributed by atoms with Gasteiger partial charge in [-0.2, -0.15) is 0 Å². The van der Waals surface area contributed by atoms with Crippen LogP contribution in [0.25, 0.3) is 0 Å². The smallest absolute Gasteiger partial charge is 0.322 e. The molecule has 0 aliphatic carbocycles. The molecule has 21 heavy (non-hydrogen) atoms. The molecule has 0 bridgehead atoms. The second-order valence-corrected chi connectivity index (χ2v) is 5.05. The van der Waals surface area contributed by atoms with Gasteiger partial charge >= 0.3 is 12.0 Å². The van der Waals surface area contributed by atoms with E-state index in [1.54, 1.807) is 12.1 Å². The summed E-state index contributed by atoms with van der Waals surface area (Å²) in [5, 5.41) is 15.5. The van der Waals surface area contributed by atoms with E-state index in [0.29, 0.717) is 5.69 Å². The number of urea groups is 1. The highest BCUT2D eigenvalue weighted by molar-refractivity contribution is 9.10. The number of hydrogen-bond donors (Lipinski definition) is 4. The Morgan fingerprint density at radius 2 is 1.90 bits per heavy atom. The number of nitrogens with one attached hydrogen (secondary N) is 3. The maximum atomic E-state index is 11.7. The van der Waals surface area contributed by atoms with Gasteiger partial charge < -0.3 is 21.1 Å². The van der Waals surface area contributed by atoms with E-state index in [1.807, 2.05) is 13.0 Å². The minimum absolute atomic E-state index is 0.295. The Kier molecular flexibility index (Phi) is 6.67. The number of aryl methyl sites for hydroxylation is 1. The van der Waals surface area contributed by atoms with Crippen LogP contribution >= 0.6 is 15.9 Å². The molecule has 0 aliphatic rings. The van der Waals surface area contributed by atoms with E-state index in [4.69, 9.17) is 5.11 Å².